The lowest BCUT2D eigenvalue weighted by molar-refractivity contribution is 0.195. The molecule has 1 nitrogen and oxygen atoms in total. The number of halogens is 2. The van der Waals surface area contributed by atoms with Crippen LogP contribution < -0.4 is 0 Å². The molecule has 0 bridgehead atoms. The molecule has 4 heteroatoms. The first kappa shape index (κ1) is 11.9. The maximum absolute atomic E-state index is 5.92. The summed E-state index contributed by atoms with van der Waals surface area (Å²) in [5, 5.41) is 0. The van der Waals surface area contributed by atoms with Gasteiger partial charge in [0, 0.05) is 22.8 Å². The number of alkyl halides is 1. The summed E-state index contributed by atoms with van der Waals surface area (Å²) >= 11 is 11.4. The summed E-state index contributed by atoms with van der Waals surface area (Å²) in [5.74, 6) is 0.799. The molecule has 1 aromatic heterocycles. The first-order chi connectivity index (χ1) is 7.15. The number of hydrogen-bond acceptors (Lipinski definition) is 2. The van der Waals surface area contributed by atoms with Crippen molar-refractivity contribution >= 4 is 38.9 Å². The van der Waals surface area contributed by atoms with E-state index < -0.39 is 0 Å². The Balaban J connectivity index is 1.90. The summed E-state index contributed by atoms with van der Waals surface area (Å²) in [6.07, 6.45) is 1.29. The van der Waals surface area contributed by atoms with Crippen molar-refractivity contribution < 1.29 is 0 Å². The molecule has 2 heterocycles. The van der Waals surface area contributed by atoms with E-state index in [0.717, 1.165) is 23.3 Å². The van der Waals surface area contributed by atoms with E-state index >= 15 is 0 Å². The largest absolute Gasteiger partial charge is 0.297 e. The molecule has 0 radical (unpaired) electrons. The molecule has 1 aromatic rings. The summed E-state index contributed by atoms with van der Waals surface area (Å²) in [7, 11) is 0. The van der Waals surface area contributed by atoms with Gasteiger partial charge in [-0.3, -0.25) is 4.90 Å². The van der Waals surface area contributed by atoms with Gasteiger partial charge in [0.2, 0.25) is 0 Å². The Bertz CT molecular complexity index is 328. The Morgan fingerprint density at radius 3 is 3.00 bits per heavy atom. The molecule has 0 aliphatic carbocycles. The lowest BCUT2D eigenvalue weighted by Crippen LogP contribution is -2.39. The summed E-state index contributed by atoms with van der Waals surface area (Å²) in [6.45, 7) is 5.72. The van der Waals surface area contributed by atoms with E-state index in [1.165, 1.54) is 17.8 Å². The molecule has 84 valence electrons. The quantitative estimate of drug-likeness (QED) is 0.746. The van der Waals surface area contributed by atoms with Crippen LogP contribution in [0.25, 0.3) is 0 Å². The van der Waals surface area contributed by atoms with Crippen LogP contribution in [0.4, 0.5) is 0 Å². The number of hydrogen-bond donors (Lipinski definition) is 0. The van der Waals surface area contributed by atoms with E-state index in [1.54, 1.807) is 11.3 Å². The second-order valence-corrected chi connectivity index (χ2v) is 7.20. The highest BCUT2D eigenvalue weighted by molar-refractivity contribution is 9.09. The fourth-order valence-corrected chi connectivity index (χ4v) is 3.69. The molecule has 15 heavy (non-hydrogen) atoms. The molecule has 2 unspecified atom stereocenters. The van der Waals surface area contributed by atoms with Crippen molar-refractivity contribution in [3.63, 3.8) is 0 Å². The normalized spacial score (nSPS) is 28.2. The standard InChI is InChI=1S/C11H15BrClNS/c1-8-4-5-14(7-10(8)12)6-9-2-3-11(13)15-9/h2-3,8,10H,4-7H2,1H3. The molecule has 2 atom stereocenters. The van der Waals surface area contributed by atoms with Crippen molar-refractivity contribution in [3.05, 3.63) is 21.3 Å². The van der Waals surface area contributed by atoms with Gasteiger partial charge in [0.1, 0.15) is 0 Å². The molecule has 2 rings (SSSR count). The average molecular weight is 309 g/mol. The van der Waals surface area contributed by atoms with Gasteiger partial charge in [-0.05, 0) is 31.0 Å². The molecule has 1 fully saturated rings. The third-order valence-corrected chi connectivity index (χ3v) is 5.37. The predicted molar refractivity (Wildman–Crippen MR) is 71.1 cm³/mol. The van der Waals surface area contributed by atoms with Crippen LogP contribution in [0.2, 0.25) is 4.34 Å². The van der Waals surface area contributed by atoms with E-state index in [9.17, 15) is 0 Å². The zero-order valence-electron chi connectivity index (χ0n) is 8.75. The number of thiophene rings is 1. The first-order valence-electron chi connectivity index (χ1n) is 5.26. The highest BCUT2D eigenvalue weighted by Crippen LogP contribution is 2.27. The van der Waals surface area contributed by atoms with E-state index in [2.05, 4.69) is 33.8 Å². The summed E-state index contributed by atoms with van der Waals surface area (Å²) in [6, 6.07) is 4.12. The number of piperidine rings is 1. The predicted octanol–water partition coefficient (Wildman–Crippen LogP) is 4.01. The summed E-state index contributed by atoms with van der Waals surface area (Å²) in [4.78, 5) is 4.51. The molecule has 1 aliphatic rings. The third kappa shape index (κ3) is 3.19. The Hall–Kier alpha value is 0.430. The van der Waals surface area contributed by atoms with Gasteiger partial charge in [0.05, 0.1) is 4.34 Å². The van der Waals surface area contributed by atoms with Gasteiger partial charge >= 0.3 is 0 Å². The van der Waals surface area contributed by atoms with Crippen molar-refractivity contribution in [2.75, 3.05) is 13.1 Å². The summed E-state index contributed by atoms with van der Waals surface area (Å²) < 4.78 is 0.894. The maximum Gasteiger partial charge on any atom is 0.0931 e. The van der Waals surface area contributed by atoms with Crippen LogP contribution in [0.15, 0.2) is 12.1 Å². The smallest absolute Gasteiger partial charge is 0.0931 e. The second-order valence-electron chi connectivity index (χ2n) is 4.22. The number of likely N-dealkylation sites (tertiary alicyclic amines) is 1. The van der Waals surface area contributed by atoms with Crippen LogP contribution in [-0.4, -0.2) is 22.8 Å². The SMILES string of the molecule is CC1CCN(Cc2ccc(Cl)s2)CC1Br. The van der Waals surface area contributed by atoms with Crippen LogP contribution in [0, 0.1) is 5.92 Å². The molecular formula is C11H15BrClNS. The van der Waals surface area contributed by atoms with Crippen LogP contribution in [-0.2, 0) is 6.54 Å². The van der Waals surface area contributed by atoms with E-state index in [0.29, 0.717) is 4.83 Å². The first-order valence-corrected chi connectivity index (χ1v) is 7.37. The van der Waals surface area contributed by atoms with Crippen molar-refractivity contribution in [2.24, 2.45) is 5.92 Å². The van der Waals surface area contributed by atoms with Gasteiger partial charge < -0.3 is 0 Å². The molecule has 1 saturated heterocycles. The molecule has 0 amide bonds. The fourth-order valence-electron chi connectivity index (χ4n) is 1.89. The molecule has 0 N–H and O–H groups in total. The van der Waals surface area contributed by atoms with Crippen LogP contribution in [0.1, 0.15) is 18.2 Å². The lowest BCUT2D eigenvalue weighted by Gasteiger charge is -2.33. The molecular weight excluding hydrogens is 294 g/mol. The van der Waals surface area contributed by atoms with Crippen LogP contribution in [0.3, 0.4) is 0 Å². The molecule has 1 aliphatic heterocycles. The Morgan fingerprint density at radius 1 is 1.60 bits per heavy atom. The Labute approximate surface area is 109 Å². The minimum absolute atomic E-state index is 0.640. The van der Waals surface area contributed by atoms with Crippen molar-refractivity contribution in [3.8, 4) is 0 Å². The minimum Gasteiger partial charge on any atom is -0.297 e. The van der Waals surface area contributed by atoms with Gasteiger partial charge in [-0.2, -0.15) is 0 Å². The zero-order valence-corrected chi connectivity index (χ0v) is 11.9. The van der Waals surface area contributed by atoms with Gasteiger partial charge in [-0.15, -0.1) is 11.3 Å². The van der Waals surface area contributed by atoms with Gasteiger partial charge in [-0.1, -0.05) is 34.5 Å². The highest BCUT2D eigenvalue weighted by atomic mass is 79.9. The van der Waals surface area contributed by atoms with Crippen LogP contribution in [0.5, 0.6) is 0 Å². The second kappa shape index (κ2) is 5.17. The maximum atomic E-state index is 5.92. The van der Waals surface area contributed by atoms with Gasteiger partial charge in [0.15, 0.2) is 0 Å². The fraction of sp³-hybridized carbons (Fsp3) is 0.636. The number of rotatable bonds is 2. The molecule has 0 saturated carbocycles. The van der Waals surface area contributed by atoms with Crippen LogP contribution >= 0.6 is 38.9 Å². The average Bonchev–Trinajstić information content (AvgIpc) is 2.58. The van der Waals surface area contributed by atoms with E-state index in [1.807, 2.05) is 6.07 Å². The van der Waals surface area contributed by atoms with E-state index in [4.69, 9.17) is 11.6 Å². The molecule has 0 aromatic carbocycles. The zero-order chi connectivity index (χ0) is 10.8. The molecule has 0 spiro atoms. The highest BCUT2D eigenvalue weighted by Gasteiger charge is 2.23. The monoisotopic (exact) mass is 307 g/mol. The minimum atomic E-state index is 0.640. The van der Waals surface area contributed by atoms with Gasteiger partial charge in [-0.25, -0.2) is 0 Å². The Morgan fingerprint density at radius 2 is 2.40 bits per heavy atom. The topological polar surface area (TPSA) is 3.24 Å². The lowest BCUT2D eigenvalue weighted by atomic mass is 9.99. The van der Waals surface area contributed by atoms with Crippen molar-refractivity contribution in [1.29, 1.82) is 0 Å². The van der Waals surface area contributed by atoms with Gasteiger partial charge in [0.25, 0.3) is 0 Å². The summed E-state index contributed by atoms with van der Waals surface area (Å²) in [5.41, 5.74) is 0. The number of nitrogens with zero attached hydrogens (tertiary/aromatic N) is 1. The van der Waals surface area contributed by atoms with E-state index in [-0.39, 0.29) is 0 Å². The Kier molecular flexibility index (Phi) is 4.10. The third-order valence-electron chi connectivity index (χ3n) is 2.96. The van der Waals surface area contributed by atoms with Crippen molar-refractivity contribution in [2.45, 2.75) is 24.7 Å². The van der Waals surface area contributed by atoms with Crippen molar-refractivity contribution in [1.82, 2.24) is 4.90 Å².